The molecule has 0 aliphatic rings. The van der Waals surface area contributed by atoms with Crippen molar-refractivity contribution in [1.82, 2.24) is 9.55 Å². The van der Waals surface area contributed by atoms with Crippen LogP contribution in [0.3, 0.4) is 0 Å². The number of carbonyl (C=O) groups excluding carboxylic acids is 1. The molecule has 0 atom stereocenters. The average Bonchev–Trinajstić information content (AvgIpc) is 2.69. The van der Waals surface area contributed by atoms with Crippen molar-refractivity contribution >= 4 is 11.8 Å². The molecular weight excluding hydrogens is 268 g/mol. The molecule has 1 aromatic carbocycles. The summed E-state index contributed by atoms with van der Waals surface area (Å²) in [5.41, 5.74) is 5.57. The fraction of sp³-hybridized carbons (Fsp3) is 0.231. The van der Waals surface area contributed by atoms with Gasteiger partial charge in [-0.2, -0.15) is 0 Å². The molecule has 0 bridgehead atoms. The Morgan fingerprint density at radius 2 is 2.15 bits per heavy atom. The van der Waals surface area contributed by atoms with E-state index in [1.54, 1.807) is 6.92 Å². The first kappa shape index (κ1) is 14.0. The van der Waals surface area contributed by atoms with Crippen LogP contribution in [-0.4, -0.2) is 22.1 Å². The van der Waals surface area contributed by atoms with Gasteiger partial charge in [-0.3, -0.25) is 4.57 Å². The average molecular weight is 281 g/mol. The van der Waals surface area contributed by atoms with E-state index in [2.05, 4.69) is 4.98 Å². The van der Waals surface area contributed by atoms with Crippen LogP contribution in [0.25, 0.3) is 5.69 Å². The first-order valence-corrected chi connectivity index (χ1v) is 5.93. The van der Waals surface area contributed by atoms with Crippen LogP contribution in [0.1, 0.15) is 23.2 Å². The van der Waals surface area contributed by atoms with Crippen LogP contribution < -0.4 is 5.73 Å². The van der Waals surface area contributed by atoms with Gasteiger partial charge in [0.25, 0.3) is 0 Å². The molecule has 2 rings (SSSR count). The lowest BCUT2D eigenvalue weighted by atomic mass is 10.3. The van der Waals surface area contributed by atoms with Crippen molar-refractivity contribution in [3.05, 3.63) is 41.4 Å². The Hall–Kier alpha value is -2.44. The molecule has 1 aromatic heterocycles. The fourth-order valence-electron chi connectivity index (χ4n) is 1.87. The lowest BCUT2D eigenvalue weighted by Gasteiger charge is -2.09. The van der Waals surface area contributed by atoms with Gasteiger partial charge in [-0.25, -0.2) is 18.6 Å². The second-order valence-corrected chi connectivity index (χ2v) is 4.02. The Kier molecular flexibility index (Phi) is 3.69. The van der Waals surface area contributed by atoms with E-state index in [0.717, 1.165) is 6.07 Å². The van der Waals surface area contributed by atoms with E-state index in [4.69, 9.17) is 10.5 Å². The lowest BCUT2D eigenvalue weighted by molar-refractivity contribution is 0.0521. The Labute approximate surface area is 114 Å². The van der Waals surface area contributed by atoms with Crippen LogP contribution >= 0.6 is 0 Å². The van der Waals surface area contributed by atoms with E-state index in [9.17, 15) is 13.6 Å². The number of ether oxygens (including phenoxy) is 1. The molecule has 0 aliphatic carbocycles. The van der Waals surface area contributed by atoms with Gasteiger partial charge in [0.1, 0.15) is 11.6 Å². The molecule has 0 spiro atoms. The molecule has 0 saturated heterocycles. The Morgan fingerprint density at radius 3 is 2.80 bits per heavy atom. The number of aryl methyl sites for hydroxylation is 1. The zero-order chi connectivity index (χ0) is 14.9. The lowest BCUT2D eigenvalue weighted by Crippen LogP contribution is -2.10. The number of carbonyl (C=O) groups is 1. The number of nitrogen functional groups attached to an aromatic ring is 1. The maximum atomic E-state index is 13.8. The minimum absolute atomic E-state index is 0.0922. The number of rotatable bonds is 3. The highest BCUT2D eigenvalue weighted by atomic mass is 19.2. The van der Waals surface area contributed by atoms with Crippen molar-refractivity contribution in [2.45, 2.75) is 13.8 Å². The van der Waals surface area contributed by atoms with Gasteiger partial charge < -0.3 is 10.5 Å². The van der Waals surface area contributed by atoms with Gasteiger partial charge in [0.15, 0.2) is 17.3 Å². The van der Waals surface area contributed by atoms with E-state index < -0.39 is 17.6 Å². The third kappa shape index (κ3) is 2.22. The van der Waals surface area contributed by atoms with E-state index in [-0.39, 0.29) is 29.6 Å². The van der Waals surface area contributed by atoms with Crippen LogP contribution in [0.5, 0.6) is 0 Å². The zero-order valence-electron chi connectivity index (χ0n) is 11.0. The first-order chi connectivity index (χ1) is 9.47. The summed E-state index contributed by atoms with van der Waals surface area (Å²) in [6, 6.07) is 3.68. The topological polar surface area (TPSA) is 70.1 Å². The largest absolute Gasteiger partial charge is 0.461 e. The second kappa shape index (κ2) is 5.28. The predicted octanol–water partition coefficient (Wildman–Crippen LogP) is 2.22. The van der Waals surface area contributed by atoms with E-state index in [1.165, 1.54) is 23.6 Å². The summed E-state index contributed by atoms with van der Waals surface area (Å²) >= 11 is 0. The third-order valence-corrected chi connectivity index (χ3v) is 2.72. The second-order valence-electron chi connectivity index (χ2n) is 4.02. The molecule has 0 unspecified atom stereocenters. The number of aromatic nitrogens is 2. The molecule has 20 heavy (non-hydrogen) atoms. The minimum Gasteiger partial charge on any atom is -0.461 e. The molecule has 0 amide bonds. The standard InChI is InChI=1S/C13H13F2N3O2/c1-3-20-13(19)11-12(16)18(7(2)17-11)9-6-4-5-8(14)10(9)15/h4-6H,3,16H2,1-2H3. The number of imidazole rings is 1. The molecule has 106 valence electrons. The maximum Gasteiger partial charge on any atom is 0.360 e. The van der Waals surface area contributed by atoms with Gasteiger partial charge >= 0.3 is 5.97 Å². The first-order valence-electron chi connectivity index (χ1n) is 5.93. The van der Waals surface area contributed by atoms with Gasteiger partial charge in [0.2, 0.25) is 0 Å². The van der Waals surface area contributed by atoms with Crippen LogP contribution in [0, 0.1) is 18.6 Å². The van der Waals surface area contributed by atoms with Crippen LogP contribution in [0.2, 0.25) is 0 Å². The smallest absolute Gasteiger partial charge is 0.360 e. The van der Waals surface area contributed by atoms with Crippen LogP contribution in [0.15, 0.2) is 18.2 Å². The molecule has 0 radical (unpaired) electrons. The predicted molar refractivity (Wildman–Crippen MR) is 68.6 cm³/mol. The van der Waals surface area contributed by atoms with Crippen molar-refractivity contribution in [2.75, 3.05) is 12.3 Å². The summed E-state index contributed by atoms with van der Waals surface area (Å²) in [5.74, 6) is -2.60. The number of nitrogens with two attached hydrogens (primary N) is 1. The summed E-state index contributed by atoms with van der Waals surface area (Å²) in [4.78, 5) is 15.6. The molecule has 7 heteroatoms. The highest BCUT2D eigenvalue weighted by Gasteiger charge is 2.22. The van der Waals surface area contributed by atoms with Crippen LogP contribution in [-0.2, 0) is 4.74 Å². The molecule has 2 N–H and O–H groups in total. The number of anilines is 1. The third-order valence-electron chi connectivity index (χ3n) is 2.72. The molecule has 0 saturated carbocycles. The highest BCUT2D eigenvalue weighted by Crippen LogP contribution is 2.24. The van der Waals surface area contributed by atoms with Gasteiger partial charge in [0, 0.05) is 0 Å². The maximum absolute atomic E-state index is 13.8. The molecule has 0 fully saturated rings. The van der Waals surface area contributed by atoms with Crippen molar-refractivity contribution in [1.29, 1.82) is 0 Å². The van der Waals surface area contributed by atoms with Gasteiger partial charge in [-0.15, -0.1) is 0 Å². The quantitative estimate of drug-likeness (QED) is 0.876. The number of nitrogens with zero attached hydrogens (tertiary/aromatic N) is 2. The van der Waals surface area contributed by atoms with Crippen molar-refractivity contribution < 1.29 is 18.3 Å². The Balaban J connectivity index is 2.59. The SMILES string of the molecule is CCOC(=O)c1nc(C)n(-c2cccc(F)c2F)c1N. The number of benzene rings is 1. The molecule has 0 aliphatic heterocycles. The van der Waals surface area contributed by atoms with E-state index in [1.807, 2.05) is 0 Å². The summed E-state index contributed by atoms with van der Waals surface area (Å²) in [7, 11) is 0. The van der Waals surface area contributed by atoms with Gasteiger partial charge in [0.05, 0.1) is 12.3 Å². The summed E-state index contributed by atoms with van der Waals surface area (Å²) < 4.78 is 33.1. The van der Waals surface area contributed by atoms with E-state index in [0.29, 0.717) is 0 Å². The fourth-order valence-corrected chi connectivity index (χ4v) is 1.87. The van der Waals surface area contributed by atoms with Crippen LogP contribution in [0.4, 0.5) is 14.6 Å². The zero-order valence-corrected chi connectivity index (χ0v) is 11.0. The summed E-state index contributed by atoms with van der Waals surface area (Å²) in [6.07, 6.45) is 0. The summed E-state index contributed by atoms with van der Waals surface area (Å²) in [6.45, 7) is 3.34. The van der Waals surface area contributed by atoms with Crippen molar-refractivity contribution in [2.24, 2.45) is 0 Å². The number of esters is 1. The minimum atomic E-state index is -1.06. The monoisotopic (exact) mass is 281 g/mol. The molecule has 1 heterocycles. The van der Waals surface area contributed by atoms with Crippen molar-refractivity contribution in [3.63, 3.8) is 0 Å². The van der Waals surface area contributed by atoms with Gasteiger partial charge in [-0.05, 0) is 26.0 Å². The van der Waals surface area contributed by atoms with Gasteiger partial charge in [-0.1, -0.05) is 6.07 Å². The molecule has 5 nitrogen and oxygen atoms in total. The molecular formula is C13H13F2N3O2. The number of halogens is 2. The number of hydrogen-bond acceptors (Lipinski definition) is 4. The van der Waals surface area contributed by atoms with E-state index >= 15 is 0 Å². The highest BCUT2D eigenvalue weighted by molar-refractivity contribution is 5.92. The normalized spacial score (nSPS) is 10.6. The Morgan fingerprint density at radius 1 is 1.45 bits per heavy atom. The Bertz CT molecular complexity index is 668. The molecule has 2 aromatic rings. The van der Waals surface area contributed by atoms with Crippen molar-refractivity contribution in [3.8, 4) is 5.69 Å². The number of hydrogen-bond donors (Lipinski definition) is 1. The summed E-state index contributed by atoms with van der Waals surface area (Å²) in [5, 5.41) is 0.